The Labute approximate surface area is 313 Å². The Morgan fingerprint density at radius 3 is 1.94 bits per heavy atom. The third kappa shape index (κ3) is 6.01. The van der Waals surface area contributed by atoms with E-state index in [2.05, 4.69) is 101 Å². The Balaban J connectivity index is 0.000000215. The molecule has 0 aliphatic carbocycles. The van der Waals surface area contributed by atoms with Gasteiger partial charge in [0, 0.05) is 70.3 Å². The summed E-state index contributed by atoms with van der Waals surface area (Å²) in [5.41, 5.74) is 5.22. The van der Waals surface area contributed by atoms with Crippen molar-refractivity contribution in [2.24, 2.45) is 10.8 Å². The monoisotopic (exact) mass is 850 g/mol. The maximum atomic E-state index is 12.2. The number of fused-ring (bicyclic) bond motifs is 9. The molecule has 0 bridgehead atoms. The second-order valence-corrected chi connectivity index (χ2v) is 14.2. The van der Waals surface area contributed by atoms with Crippen LogP contribution in [0.15, 0.2) is 115 Å². The van der Waals surface area contributed by atoms with Crippen molar-refractivity contribution in [3.63, 3.8) is 0 Å². The number of hydrogen-bond acceptors (Lipinski definition) is 3. The predicted octanol–water partition coefficient (Wildman–Crippen LogP) is 12.7. The van der Waals surface area contributed by atoms with Crippen molar-refractivity contribution in [1.29, 1.82) is 0 Å². The summed E-state index contributed by atoms with van der Waals surface area (Å²) >= 11 is 0. The molecule has 1 radical (unpaired) electrons. The molecule has 3 heterocycles. The molecule has 0 fully saturated rings. The number of rotatable bonds is 8. The number of hydrogen-bond donors (Lipinski definition) is 1. The molecule has 261 valence electrons. The largest absolute Gasteiger partial charge is 0.512 e. The Hall–Kier alpha value is -4.57. The number of aromatic nitrogens is 2. The SMILES string of the molecule is CCC(C)(CC)C(=O)/C=C(\O)C(C)(CC)CC.[Ir].[c-]1ccc2c(ccc3c4cccc5c6ccccc6n(c23)c54)c1-c1cc2ccccc2cn1. The van der Waals surface area contributed by atoms with Crippen molar-refractivity contribution in [1.82, 2.24) is 9.38 Å². The molecule has 0 spiro atoms. The second-order valence-electron chi connectivity index (χ2n) is 14.2. The first-order valence-corrected chi connectivity index (χ1v) is 18.0. The molecule has 5 aromatic carbocycles. The van der Waals surface area contributed by atoms with Gasteiger partial charge < -0.3 is 14.5 Å². The molecule has 8 aromatic rings. The van der Waals surface area contributed by atoms with E-state index in [-0.39, 0.29) is 42.5 Å². The minimum absolute atomic E-state index is 0. The van der Waals surface area contributed by atoms with Crippen molar-refractivity contribution in [3.05, 3.63) is 121 Å². The van der Waals surface area contributed by atoms with E-state index >= 15 is 0 Å². The molecule has 51 heavy (non-hydrogen) atoms. The van der Waals surface area contributed by atoms with Crippen molar-refractivity contribution < 1.29 is 30.0 Å². The Morgan fingerprint density at radius 2 is 1.25 bits per heavy atom. The van der Waals surface area contributed by atoms with Crippen LogP contribution in [0.25, 0.3) is 70.9 Å². The van der Waals surface area contributed by atoms with Crippen LogP contribution in [0.2, 0.25) is 0 Å². The molecular weight excluding hydrogens is 805 g/mol. The number of pyridine rings is 1. The van der Waals surface area contributed by atoms with Gasteiger partial charge >= 0.3 is 0 Å². The van der Waals surface area contributed by atoms with Crippen molar-refractivity contribution in [2.75, 3.05) is 0 Å². The van der Waals surface area contributed by atoms with E-state index in [1.807, 2.05) is 53.8 Å². The number of nitrogens with zero attached hydrogens (tertiary/aromatic N) is 2. The van der Waals surface area contributed by atoms with Crippen LogP contribution >= 0.6 is 0 Å². The third-order valence-electron chi connectivity index (χ3n) is 11.7. The van der Waals surface area contributed by atoms with E-state index in [0.29, 0.717) is 0 Å². The van der Waals surface area contributed by atoms with E-state index in [9.17, 15) is 9.90 Å². The quantitative estimate of drug-likeness (QED) is 0.0941. The fraction of sp³-hybridized carbons (Fsp3) is 0.261. The molecule has 8 rings (SSSR count). The zero-order valence-electron chi connectivity index (χ0n) is 30.3. The third-order valence-corrected chi connectivity index (χ3v) is 11.7. The molecular formula is C46H45IrN2O2-. The molecule has 0 unspecified atom stereocenters. The molecule has 5 heteroatoms. The number of aliphatic hydroxyl groups is 1. The number of para-hydroxylation sites is 2. The number of aliphatic hydroxyl groups excluding tert-OH is 1. The van der Waals surface area contributed by atoms with Crippen LogP contribution in [0, 0.1) is 16.9 Å². The summed E-state index contributed by atoms with van der Waals surface area (Å²) in [6, 6.07) is 38.2. The van der Waals surface area contributed by atoms with Gasteiger partial charge in [-0.3, -0.25) is 4.79 Å². The molecule has 1 N–H and O–H groups in total. The van der Waals surface area contributed by atoms with Crippen LogP contribution in [-0.4, -0.2) is 20.3 Å². The van der Waals surface area contributed by atoms with Crippen molar-refractivity contribution >= 4 is 65.4 Å². The number of ketones is 1. The zero-order valence-corrected chi connectivity index (χ0v) is 32.7. The fourth-order valence-corrected chi connectivity index (χ4v) is 7.32. The second kappa shape index (κ2) is 14.2. The van der Waals surface area contributed by atoms with Gasteiger partial charge in [0.1, 0.15) is 5.76 Å². The van der Waals surface area contributed by atoms with Gasteiger partial charge in [-0.1, -0.05) is 131 Å². The topological polar surface area (TPSA) is 54.6 Å². The fourth-order valence-electron chi connectivity index (χ4n) is 7.32. The zero-order chi connectivity index (χ0) is 35.2. The normalized spacial score (nSPS) is 12.5. The summed E-state index contributed by atoms with van der Waals surface area (Å²) in [7, 11) is 0. The Bertz CT molecular complexity index is 2550. The van der Waals surface area contributed by atoms with Gasteiger partial charge in [0.15, 0.2) is 5.78 Å². The summed E-state index contributed by atoms with van der Waals surface area (Å²) in [5.74, 6) is 0.286. The molecule has 4 nitrogen and oxygen atoms in total. The van der Waals surface area contributed by atoms with Gasteiger partial charge in [-0.25, -0.2) is 0 Å². The van der Waals surface area contributed by atoms with E-state index in [0.717, 1.165) is 42.3 Å². The molecule has 0 saturated carbocycles. The van der Waals surface area contributed by atoms with Gasteiger partial charge in [0.05, 0.1) is 11.0 Å². The molecule has 0 atom stereocenters. The summed E-state index contributed by atoms with van der Waals surface area (Å²) in [6.45, 7) is 12.1. The van der Waals surface area contributed by atoms with E-state index in [1.165, 1.54) is 60.3 Å². The number of carbonyl (C=O) groups excluding carboxylic acids is 1. The van der Waals surface area contributed by atoms with Crippen LogP contribution in [0.4, 0.5) is 0 Å². The summed E-state index contributed by atoms with van der Waals surface area (Å²) in [5, 5.41) is 20.1. The minimum Gasteiger partial charge on any atom is -0.512 e. The van der Waals surface area contributed by atoms with Crippen LogP contribution < -0.4 is 0 Å². The molecule has 0 aliphatic heterocycles. The number of benzene rings is 5. The first-order chi connectivity index (χ1) is 24.2. The molecule has 3 aromatic heterocycles. The van der Waals surface area contributed by atoms with Gasteiger partial charge in [0.25, 0.3) is 0 Å². The Kier molecular flexibility index (Phi) is 10.1. The van der Waals surface area contributed by atoms with Gasteiger partial charge in [0.2, 0.25) is 0 Å². The van der Waals surface area contributed by atoms with Crippen molar-refractivity contribution in [3.8, 4) is 11.3 Å². The van der Waals surface area contributed by atoms with E-state index < -0.39 is 0 Å². The van der Waals surface area contributed by atoms with Crippen LogP contribution in [0.1, 0.15) is 67.2 Å². The van der Waals surface area contributed by atoms with Crippen LogP contribution in [0.3, 0.4) is 0 Å². The van der Waals surface area contributed by atoms with E-state index in [1.54, 1.807) is 0 Å². The standard InChI is InChI=1S/C31H17N2.C15H28O2.Ir/c1-2-8-20-18-32-28(17-19(20)7-1)22-10-5-11-24-21(22)15-16-27-26-13-6-12-25-23-9-3-4-14-29(23)33(30(24)27)31(25)26;1-7-14(5,8-2)12(16)11-13(17)15(6,9-3)10-4;/h1-9,11-18H;11,16H,7-10H2,1-6H3;/q-1;;/b;12-11-;. The van der Waals surface area contributed by atoms with Gasteiger partial charge in [-0.2, -0.15) is 0 Å². The van der Waals surface area contributed by atoms with Crippen LogP contribution in [0.5, 0.6) is 0 Å². The van der Waals surface area contributed by atoms with Crippen LogP contribution in [-0.2, 0) is 24.9 Å². The maximum absolute atomic E-state index is 12.2. The Morgan fingerprint density at radius 1 is 0.706 bits per heavy atom. The minimum atomic E-state index is -0.337. The van der Waals surface area contributed by atoms with Gasteiger partial charge in [-0.15, -0.1) is 23.8 Å². The molecule has 0 saturated heterocycles. The first kappa shape index (κ1) is 36.2. The van der Waals surface area contributed by atoms with Gasteiger partial charge in [-0.05, 0) is 48.2 Å². The summed E-state index contributed by atoms with van der Waals surface area (Å²) in [4.78, 5) is 17.0. The summed E-state index contributed by atoms with van der Waals surface area (Å²) < 4.78 is 2.45. The maximum Gasteiger partial charge on any atom is 0.164 e. The molecule has 0 aliphatic rings. The summed E-state index contributed by atoms with van der Waals surface area (Å²) in [6.07, 6.45) is 6.72. The average Bonchev–Trinajstić information content (AvgIpc) is 3.69. The average molecular weight is 850 g/mol. The number of allylic oxidation sites excluding steroid dienone is 2. The first-order valence-electron chi connectivity index (χ1n) is 18.0. The number of carbonyl (C=O) groups is 1. The van der Waals surface area contributed by atoms with Crippen molar-refractivity contribution in [2.45, 2.75) is 67.2 Å². The predicted molar refractivity (Wildman–Crippen MR) is 211 cm³/mol. The molecule has 0 amide bonds. The smallest absolute Gasteiger partial charge is 0.164 e. The van der Waals surface area contributed by atoms with E-state index in [4.69, 9.17) is 4.98 Å².